The first-order chi connectivity index (χ1) is 7.54. The van der Waals surface area contributed by atoms with Gasteiger partial charge in [-0.15, -0.1) is 0 Å². The number of carbonyl (C=O) groups is 1. The van der Waals surface area contributed by atoms with Crippen LogP contribution in [-0.2, 0) is 17.6 Å². The quantitative estimate of drug-likeness (QED) is 0.716. The van der Waals surface area contributed by atoms with E-state index >= 15 is 0 Å². The van der Waals surface area contributed by atoms with Crippen LogP contribution in [-0.4, -0.2) is 6.29 Å². The Bertz CT molecular complexity index is 409. The number of hydrogen-bond donors (Lipinski definition) is 0. The smallest absolute Gasteiger partial charge is 0.125 e. The van der Waals surface area contributed by atoms with Gasteiger partial charge < -0.3 is 4.79 Å². The summed E-state index contributed by atoms with van der Waals surface area (Å²) < 4.78 is 0. The molecule has 16 heavy (non-hydrogen) atoms. The van der Waals surface area contributed by atoms with Gasteiger partial charge in [0.1, 0.15) is 6.29 Å². The SMILES string of the molecule is CC(C)(C=O)C1CCc2c(Cl)cccc2C1. The van der Waals surface area contributed by atoms with E-state index in [2.05, 4.69) is 6.07 Å². The molecular formula is C14H17ClO. The molecule has 0 aliphatic heterocycles. The Hall–Kier alpha value is -0.820. The minimum Gasteiger partial charge on any atom is -0.303 e. The number of benzene rings is 1. The van der Waals surface area contributed by atoms with E-state index in [9.17, 15) is 4.79 Å². The number of aldehydes is 1. The average molecular weight is 237 g/mol. The molecule has 1 aliphatic rings. The molecule has 2 rings (SSSR count). The third-order valence-electron chi connectivity index (χ3n) is 3.78. The van der Waals surface area contributed by atoms with Crippen LogP contribution in [0.1, 0.15) is 31.4 Å². The molecule has 1 nitrogen and oxygen atoms in total. The van der Waals surface area contributed by atoms with Gasteiger partial charge in [0.25, 0.3) is 0 Å². The maximum Gasteiger partial charge on any atom is 0.125 e. The third kappa shape index (κ3) is 2.01. The summed E-state index contributed by atoms with van der Waals surface area (Å²) >= 11 is 6.17. The van der Waals surface area contributed by atoms with Gasteiger partial charge in [-0.1, -0.05) is 37.6 Å². The first kappa shape index (κ1) is 11.7. The highest BCUT2D eigenvalue weighted by Gasteiger charge is 2.32. The van der Waals surface area contributed by atoms with Gasteiger partial charge in [0.2, 0.25) is 0 Å². The second kappa shape index (κ2) is 4.21. The van der Waals surface area contributed by atoms with E-state index in [-0.39, 0.29) is 5.41 Å². The Morgan fingerprint density at radius 2 is 2.19 bits per heavy atom. The molecule has 0 saturated carbocycles. The van der Waals surface area contributed by atoms with Crippen molar-refractivity contribution >= 4 is 17.9 Å². The van der Waals surface area contributed by atoms with Crippen molar-refractivity contribution in [1.29, 1.82) is 0 Å². The van der Waals surface area contributed by atoms with Crippen molar-refractivity contribution in [3.63, 3.8) is 0 Å². The number of halogens is 1. The van der Waals surface area contributed by atoms with Crippen LogP contribution in [0.5, 0.6) is 0 Å². The topological polar surface area (TPSA) is 17.1 Å². The summed E-state index contributed by atoms with van der Waals surface area (Å²) in [5.41, 5.74) is 2.38. The molecule has 2 heteroatoms. The summed E-state index contributed by atoms with van der Waals surface area (Å²) in [6.07, 6.45) is 4.12. The molecule has 1 atom stereocenters. The Kier molecular flexibility index (Phi) is 3.07. The first-order valence-electron chi connectivity index (χ1n) is 5.77. The summed E-state index contributed by atoms with van der Waals surface area (Å²) in [5, 5.41) is 0.875. The fourth-order valence-corrected chi connectivity index (χ4v) is 2.78. The maximum absolute atomic E-state index is 11.1. The minimum absolute atomic E-state index is 0.222. The predicted octanol–water partition coefficient (Wildman–Crippen LogP) is 3.67. The summed E-state index contributed by atoms with van der Waals surface area (Å²) in [4.78, 5) is 11.1. The number of fused-ring (bicyclic) bond motifs is 1. The van der Waals surface area contributed by atoms with Crippen LogP contribution in [0, 0.1) is 11.3 Å². The van der Waals surface area contributed by atoms with Gasteiger partial charge >= 0.3 is 0 Å². The molecule has 1 aromatic rings. The highest BCUT2D eigenvalue weighted by Crippen LogP contribution is 2.38. The van der Waals surface area contributed by atoms with Gasteiger partial charge in [0.15, 0.2) is 0 Å². The second-order valence-electron chi connectivity index (χ2n) is 5.26. The number of rotatable bonds is 2. The molecule has 0 bridgehead atoms. The molecule has 0 N–H and O–H groups in total. The summed E-state index contributed by atoms with van der Waals surface area (Å²) in [6.45, 7) is 4.06. The van der Waals surface area contributed by atoms with E-state index in [1.165, 1.54) is 11.1 Å². The van der Waals surface area contributed by atoms with Crippen molar-refractivity contribution in [1.82, 2.24) is 0 Å². The van der Waals surface area contributed by atoms with Crippen molar-refractivity contribution in [2.45, 2.75) is 33.1 Å². The van der Waals surface area contributed by atoms with E-state index in [0.29, 0.717) is 5.92 Å². The molecule has 0 saturated heterocycles. The summed E-state index contributed by atoms with van der Waals surface area (Å²) in [5.74, 6) is 0.441. The van der Waals surface area contributed by atoms with Gasteiger partial charge in [-0.05, 0) is 42.4 Å². The standard InChI is InChI=1S/C14H17ClO/c1-14(2,9-16)11-6-7-12-10(8-11)4-3-5-13(12)15/h3-5,9,11H,6-8H2,1-2H3. The Morgan fingerprint density at radius 3 is 2.88 bits per heavy atom. The Labute approximate surface area is 102 Å². The van der Waals surface area contributed by atoms with Gasteiger partial charge in [-0.25, -0.2) is 0 Å². The lowest BCUT2D eigenvalue weighted by Crippen LogP contribution is -2.30. The van der Waals surface area contributed by atoms with Crippen LogP contribution < -0.4 is 0 Å². The molecule has 0 amide bonds. The lowest BCUT2D eigenvalue weighted by Gasteiger charge is -2.34. The van der Waals surface area contributed by atoms with E-state index in [1.807, 2.05) is 26.0 Å². The molecule has 1 aromatic carbocycles. The van der Waals surface area contributed by atoms with Gasteiger partial charge in [0.05, 0.1) is 0 Å². The van der Waals surface area contributed by atoms with Crippen LogP contribution in [0.3, 0.4) is 0 Å². The van der Waals surface area contributed by atoms with E-state index in [4.69, 9.17) is 11.6 Å². The lowest BCUT2D eigenvalue weighted by atomic mass is 9.70. The van der Waals surface area contributed by atoms with Crippen molar-refractivity contribution < 1.29 is 4.79 Å². The first-order valence-corrected chi connectivity index (χ1v) is 6.15. The largest absolute Gasteiger partial charge is 0.303 e. The molecule has 0 radical (unpaired) electrons. The van der Waals surface area contributed by atoms with Crippen molar-refractivity contribution in [2.75, 3.05) is 0 Å². The fourth-order valence-electron chi connectivity index (χ4n) is 2.49. The van der Waals surface area contributed by atoms with E-state index in [0.717, 1.165) is 30.6 Å². The number of carbonyl (C=O) groups excluding carboxylic acids is 1. The Morgan fingerprint density at radius 1 is 1.44 bits per heavy atom. The highest BCUT2D eigenvalue weighted by molar-refractivity contribution is 6.31. The van der Waals surface area contributed by atoms with Crippen LogP contribution >= 0.6 is 11.6 Å². The minimum atomic E-state index is -0.222. The molecule has 1 unspecified atom stereocenters. The van der Waals surface area contributed by atoms with Crippen LogP contribution in [0.2, 0.25) is 5.02 Å². The molecule has 0 spiro atoms. The molecule has 0 heterocycles. The summed E-state index contributed by atoms with van der Waals surface area (Å²) in [6, 6.07) is 6.08. The predicted molar refractivity (Wildman–Crippen MR) is 66.8 cm³/mol. The Balaban J connectivity index is 2.28. The normalized spacial score (nSPS) is 20.3. The lowest BCUT2D eigenvalue weighted by molar-refractivity contribution is -0.117. The highest BCUT2D eigenvalue weighted by atomic mass is 35.5. The van der Waals surface area contributed by atoms with Crippen LogP contribution in [0.15, 0.2) is 18.2 Å². The average Bonchev–Trinajstić information content (AvgIpc) is 2.29. The zero-order valence-electron chi connectivity index (χ0n) is 9.79. The molecule has 86 valence electrons. The van der Waals surface area contributed by atoms with Crippen LogP contribution in [0.4, 0.5) is 0 Å². The van der Waals surface area contributed by atoms with Crippen molar-refractivity contribution in [2.24, 2.45) is 11.3 Å². The molecule has 0 fully saturated rings. The van der Waals surface area contributed by atoms with Gasteiger partial charge in [-0.3, -0.25) is 0 Å². The van der Waals surface area contributed by atoms with E-state index in [1.54, 1.807) is 0 Å². The van der Waals surface area contributed by atoms with Crippen LogP contribution in [0.25, 0.3) is 0 Å². The van der Waals surface area contributed by atoms with Gasteiger partial charge in [-0.2, -0.15) is 0 Å². The zero-order valence-corrected chi connectivity index (χ0v) is 10.6. The molecule has 0 aromatic heterocycles. The van der Waals surface area contributed by atoms with Gasteiger partial charge in [0, 0.05) is 10.4 Å². The van der Waals surface area contributed by atoms with Crippen molar-refractivity contribution in [3.05, 3.63) is 34.3 Å². The molecular weight excluding hydrogens is 220 g/mol. The van der Waals surface area contributed by atoms with Crippen molar-refractivity contribution in [3.8, 4) is 0 Å². The van der Waals surface area contributed by atoms with E-state index < -0.39 is 0 Å². The second-order valence-corrected chi connectivity index (χ2v) is 5.66. The zero-order chi connectivity index (χ0) is 11.8. The number of hydrogen-bond acceptors (Lipinski definition) is 1. The molecule has 1 aliphatic carbocycles. The third-order valence-corrected chi connectivity index (χ3v) is 4.14. The fraction of sp³-hybridized carbons (Fsp3) is 0.500. The monoisotopic (exact) mass is 236 g/mol. The maximum atomic E-state index is 11.1. The summed E-state index contributed by atoms with van der Waals surface area (Å²) in [7, 11) is 0.